The summed E-state index contributed by atoms with van der Waals surface area (Å²) in [5, 5.41) is 9.30. The topological polar surface area (TPSA) is 36.7 Å². The van der Waals surface area contributed by atoms with Gasteiger partial charge >= 0.3 is 0 Å². The number of nitriles is 1. The minimum atomic E-state index is -0.359. The van der Waals surface area contributed by atoms with Crippen LogP contribution < -0.4 is 0 Å². The zero-order chi connectivity index (χ0) is 11.8. The molecule has 1 aliphatic rings. The van der Waals surface area contributed by atoms with Crippen molar-refractivity contribution >= 4 is 6.08 Å². The van der Waals surface area contributed by atoms with E-state index >= 15 is 0 Å². The van der Waals surface area contributed by atoms with E-state index in [0.717, 1.165) is 5.69 Å². The Kier molecular flexibility index (Phi) is 2.55. The number of rotatable bonds is 1. The molecule has 0 amide bonds. The van der Waals surface area contributed by atoms with Gasteiger partial charge in [-0.15, -0.1) is 0 Å². The molecule has 0 spiro atoms. The third kappa shape index (κ3) is 1.63. The molecule has 0 aliphatic heterocycles. The molecule has 0 unspecified atom stereocenters. The Balaban J connectivity index is 2.55. The lowest BCUT2D eigenvalue weighted by Crippen LogP contribution is -2.27. The lowest BCUT2D eigenvalue weighted by molar-refractivity contribution is 0.324. The molecule has 0 radical (unpaired) electrons. The van der Waals surface area contributed by atoms with Crippen molar-refractivity contribution in [2.45, 2.75) is 26.7 Å². The van der Waals surface area contributed by atoms with Crippen molar-refractivity contribution < 1.29 is 0 Å². The molecule has 1 aliphatic carbocycles. The zero-order valence-corrected chi connectivity index (χ0v) is 9.94. The highest BCUT2D eigenvalue weighted by Gasteiger charge is 2.37. The number of pyridine rings is 1. The molecule has 0 N–H and O–H groups in total. The van der Waals surface area contributed by atoms with Gasteiger partial charge in [0.1, 0.15) is 0 Å². The van der Waals surface area contributed by atoms with Gasteiger partial charge in [-0.05, 0) is 37.5 Å². The number of hydrogen-bond acceptors (Lipinski definition) is 2. The first-order valence-corrected chi connectivity index (χ1v) is 5.60. The van der Waals surface area contributed by atoms with Crippen LogP contribution in [0.3, 0.4) is 0 Å². The first kappa shape index (κ1) is 10.9. The van der Waals surface area contributed by atoms with Crippen molar-refractivity contribution in [3.63, 3.8) is 0 Å². The van der Waals surface area contributed by atoms with Crippen LogP contribution in [0.1, 0.15) is 37.9 Å². The predicted octanol–water partition coefficient (Wildman–Crippen LogP) is 3.38. The van der Waals surface area contributed by atoms with Crippen LogP contribution in [-0.2, 0) is 0 Å². The van der Waals surface area contributed by atoms with E-state index in [9.17, 15) is 5.26 Å². The highest BCUT2D eigenvalue weighted by molar-refractivity contribution is 5.55. The van der Waals surface area contributed by atoms with Crippen LogP contribution in [-0.4, -0.2) is 4.98 Å². The van der Waals surface area contributed by atoms with E-state index in [-0.39, 0.29) is 11.3 Å². The normalized spacial score (nSPS) is 23.6. The van der Waals surface area contributed by atoms with Crippen molar-refractivity contribution in [1.82, 2.24) is 4.98 Å². The Morgan fingerprint density at radius 2 is 2.19 bits per heavy atom. The Hall–Kier alpha value is -1.62. The quantitative estimate of drug-likeness (QED) is 0.715. The van der Waals surface area contributed by atoms with Gasteiger partial charge in [-0.2, -0.15) is 5.26 Å². The van der Waals surface area contributed by atoms with Gasteiger partial charge in [-0.25, -0.2) is 0 Å². The molecular formula is C14H16N2. The molecule has 0 saturated heterocycles. The first-order valence-electron chi connectivity index (χ1n) is 5.60. The summed E-state index contributed by atoms with van der Waals surface area (Å²) in [5.41, 5.74) is 1.85. The summed E-state index contributed by atoms with van der Waals surface area (Å²) in [5.74, 6) is 0.609. The number of nitrogens with zero attached hydrogens (tertiary/aromatic N) is 2. The molecular weight excluding hydrogens is 196 g/mol. The van der Waals surface area contributed by atoms with Gasteiger partial charge in [0.05, 0.1) is 17.2 Å². The van der Waals surface area contributed by atoms with Gasteiger partial charge in [0, 0.05) is 12.1 Å². The molecule has 0 fully saturated rings. The molecule has 0 aromatic carbocycles. The van der Waals surface area contributed by atoms with Crippen LogP contribution in [0.15, 0.2) is 24.4 Å². The first-order chi connectivity index (χ1) is 7.56. The van der Waals surface area contributed by atoms with Gasteiger partial charge in [0.15, 0.2) is 0 Å². The van der Waals surface area contributed by atoms with E-state index in [1.807, 2.05) is 19.9 Å². The highest BCUT2D eigenvalue weighted by atomic mass is 14.7. The monoisotopic (exact) mass is 212 g/mol. The summed E-state index contributed by atoms with van der Waals surface area (Å²) in [6, 6.07) is 6.46. The number of fused-ring (bicyclic) bond motifs is 1. The second-order valence-electron chi connectivity index (χ2n) is 5.01. The van der Waals surface area contributed by atoms with Gasteiger partial charge in [0.2, 0.25) is 0 Å². The van der Waals surface area contributed by atoms with Crippen LogP contribution in [0.5, 0.6) is 0 Å². The molecule has 2 nitrogen and oxygen atoms in total. The summed E-state index contributed by atoms with van der Waals surface area (Å²) in [7, 11) is 0. The molecule has 2 atom stereocenters. The molecule has 1 aromatic heterocycles. The Morgan fingerprint density at radius 1 is 1.44 bits per heavy atom. The fourth-order valence-electron chi connectivity index (χ4n) is 2.58. The molecule has 16 heavy (non-hydrogen) atoms. The van der Waals surface area contributed by atoms with E-state index in [0.29, 0.717) is 5.92 Å². The Labute approximate surface area is 96.6 Å². The Morgan fingerprint density at radius 3 is 2.88 bits per heavy atom. The minimum absolute atomic E-state index is 0.228. The average molecular weight is 212 g/mol. The maximum atomic E-state index is 9.30. The van der Waals surface area contributed by atoms with Crippen LogP contribution in [0, 0.1) is 22.7 Å². The van der Waals surface area contributed by atoms with Crippen LogP contribution in [0.2, 0.25) is 0 Å². The van der Waals surface area contributed by atoms with Crippen molar-refractivity contribution in [3.05, 3.63) is 35.7 Å². The molecule has 1 aromatic rings. The summed E-state index contributed by atoms with van der Waals surface area (Å²) >= 11 is 0. The molecule has 2 heteroatoms. The van der Waals surface area contributed by atoms with Crippen molar-refractivity contribution in [2.24, 2.45) is 11.3 Å². The minimum Gasteiger partial charge on any atom is -0.257 e. The number of allylic oxidation sites excluding steroid dienone is 1. The van der Waals surface area contributed by atoms with Crippen LogP contribution >= 0.6 is 0 Å². The number of hydrogen-bond donors (Lipinski definition) is 0. The summed E-state index contributed by atoms with van der Waals surface area (Å²) in [6.45, 7) is 6.17. The van der Waals surface area contributed by atoms with E-state index in [4.69, 9.17) is 0 Å². The van der Waals surface area contributed by atoms with Crippen molar-refractivity contribution in [2.75, 3.05) is 0 Å². The SMILES string of the molecule is C[C@@H]1C=Cc2ncccc2[C@H]1C(C)(C)C#N. The van der Waals surface area contributed by atoms with Gasteiger partial charge in [0.25, 0.3) is 0 Å². The largest absolute Gasteiger partial charge is 0.257 e. The summed E-state index contributed by atoms with van der Waals surface area (Å²) in [4.78, 5) is 4.36. The summed E-state index contributed by atoms with van der Waals surface area (Å²) in [6.07, 6.45) is 6.01. The molecule has 2 rings (SSSR count). The highest BCUT2D eigenvalue weighted by Crippen LogP contribution is 2.44. The van der Waals surface area contributed by atoms with Crippen molar-refractivity contribution in [3.8, 4) is 6.07 Å². The fraction of sp³-hybridized carbons (Fsp3) is 0.429. The fourth-order valence-corrected chi connectivity index (χ4v) is 2.58. The molecule has 0 bridgehead atoms. The number of aromatic nitrogens is 1. The van der Waals surface area contributed by atoms with E-state index < -0.39 is 0 Å². The average Bonchev–Trinajstić information content (AvgIpc) is 2.28. The van der Waals surface area contributed by atoms with Crippen LogP contribution in [0.4, 0.5) is 0 Å². The van der Waals surface area contributed by atoms with Gasteiger partial charge in [-0.3, -0.25) is 4.98 Å². The Bertz CT molecular complexity index is 466. The molecule has 1 heterocycles. The smallest absolute Gasteiger partial charge is 0.0690 e. The van der Waals surface area contributed by atoms with E-state index in [1.165, 1.54) is 5.56 Å². The maximum absolute atomic E-state index is 9.30. The third-order valence-electron chi connectivity index (χ3n) is 3.36. The predicted molar refractivity (Wildman–Crippen MR) is 64.6 cm³/mol. The lowest BCUT2D eigenvalue weighted by atomic mass is 9.67. The van der Waals surface area contributed by atoms with Crippen LogP contribution in [0.25, 0.3) is 6.08 Å². The lowest BCUT2D eigenvalue weighted by Gasteiger charge is -2.35. The second kappa shape index (κ2) is 3.75. The maximum Gasteiger partial charge on any atom is 0.0690 e. The summed E-state index contributed by atoms with van der Waals surface area (Å²) < 4.78 is 0. The zero-order valence-electron chi connectivity index (χ0n) is 9.94. The molecule has 0 saturated carbocycles. The third-order valence-corrected chi connectivity index (χ3v) is 3.36. The van der Waals surface area contributed by atoms with Gasteiger partial charge in [-0.1, -0.05) is 19.1 Å². The van der Waals surface area contributed by atoms with Crippen molar-refractivity contribution in [1.29, 1.82) is 5.26 Å². The van der Waals surface area contributed by atoms with Gasteiger partial charge < -0.3 is 0 Å². The second-order valence-corrected chi connectivity index (χ2v) is 5.01. The van der Waals surface area contributed by atoms with E-state index in [1.54, 1.807) is 6.20 Å². The standard InChI is InChI=1S/C14H16N2/c1-10-6-7-12-11(5-4-8-16-12)13(10)14(2,3)9-15/h4-8,10,13H,1-3H3/t10-,13+/m1/s1. The molecule has 82 valence electrons. The van der Waals surface area contributed by atoms with E-state index in [2.05, 4.69) is 36.2 Å².